The quantitative estimate of drug-likeness (QED) is 0.693. The molecule has 5 heteroatoms. The maximum atomic E-state index is 11.5. The number of carbonyl (C=O) groups is 1. The molecule has 1 heterocycles. The normalized spacial score (nSPS) is 21.6. The molecule has 0 aromatic carbocycles. The van der Waals surface area contributed by atoms with E-state index in [0.29, 0.717) is 19.2 Å². The zero-order chi connectivity index (χ0) is 13.5. The number of hydrogen-bond acceptors (Lipinski definition) is 5. The first kappa shape index (κ1) is 15.4. The van der Waals surface area contributed by atoms with Crippen LogP contribution in [0.25, 0.3) is 0 Å². The number of carbonyl (C=O) groups excluding carboxylic acids is 1. The molecule has 106 valence electrons. The second-order valence-corrected chi connectivity index (χ2v) is 4.95. The van der Waals surface area contributed by atoms with Crippen LogP contribution in [0.15, 0.2) is 0 Å². The number of piperazine rings is 1. The summed E-state index contributed by atoms with van der Waals surface area (Å²) in [5.74, 6) is -0.290. The molecule has 1 saturated heterocycles. The molecule has 0 aromatic rings. The minimum atomic E-state index is -0.514. The predicted molar refractivity (Wildman–Crippen MR) is 72.4 cm³/mol. The maximum Gasteiger partial charge on any atom is 0.324 e. The molecule has 18 heavy (non-hydrogen) atoms. The van der Waals surface area contributed by atoms with Crippen molar-refractivity contribution in [3.05, 3.63) is 0 Å². The van der Waals surface area contributed by atoms with E-state index in [9.17, 15) is 4.79 Å². The Balaban J connectivity index is 2.29. The Morgan fingerprint density at radius 2 is 1.89 bits per heavy atom. The van der Waals surface area contributed by atoms with E-state index in [0.717, 1.165) is 26.2 Å². The molecule has 2 atom stereocenters. The molecule has 0 saturated carbocycles. The summed E-state index contributed by atoms with van der Waals surface area (Å²) in [4.78, 5) is 16.2. The zero-order valence-corrected chi connectivity index (χ0v) is 11.9. The van der Waals surface area contributed by atoms with Gasteiger partial charge in [0, 0.05) is 38.8 Å². The molecule has 2 unspecified atom stereocenters. The van der Waals surface area contributed by atoms with Gasteiger partial charge in [-0.05, 0) is 20.3 Å². The van der Waals surface area contributed by atoms with E-state index in [-0.39, 0.29) is 5.97 Å². The van der Waals surface area contributed by atoms with Gasteiger partial charge in [-0.2, -0.15) is 0 Å². The lowest BCUT2D eigenvalue weighted by atomic mass is 10.2. The van der Waals surface area contributed by atoms with Gasteiger partial charge in [-0.25, -0.2) is 0 Å². The van der Waals surface area contributed by atoms with Crippen LogP contribution in [0.1, 0.15) is 27.2 Å². The number of rotatable bonds is 6. The summed E-state index contributed by atoms with van der Waals surface area (Å²) in [5, 5.41) is 0. The zero-order valence-electron chi connectivity index (χ0n) is 11.9. The summed E-state index contributed by atoms with van der Waals surface area (Å²) in [5.41, 5.74) is 5.82. The van der Waals surface area contributed by atoms with Gasteiger partial charge in [0.2, 0.25) is 0 Å². The third-order valence-corrected chi connectivity index (χ3v) is 3.67. The van der Waals surface area contributed by atoms with E-state index in [4.69, 9.17) is 10.5 Å². The Morgan fingerprint density at radius 1 is 1.28 bits per heavy atom. The summed E-state index contributed by atoms with van der Waals surface area (Å²) >= 11 is 0. The van der Waals surface area contributed by atoms with E-state index < -0.39 is 6.04 Å². The SMILES string of the molecule is CCOC(=O)C(N)CN1CCN(C(C)CC)CC1. The average Bonchev–Trinajstić information content (AvgIpc) is 2.39. The Hall–Kier alpha value is -0.650. The highest BCUT2D eigenvalue weighted by Crippen LogP contribution is 2.08. The van der Waals surface area contributed by atoms with Crippen molar-refractivity contribution in [2.75, 3.05) is 39.3 Å². The predicted octanol–water partition coefficient (Wildman–Crippen LogP) is 0.293. The van der Waals surface area contributed by atoms with Crippen molar-refractivity contribution < 1.29 is 9.53 Å². The third-order valence-electron chi connectivity index (χ3n) is 3.67. The first-order valence-corrected chi connectivity index (χ1v) is 6.97. The van der Waals surface area contributed by atoms with Gasteiger partial charge in [-0.1, -0.05) is 6.92 Å². The van der Waals surface area contributed by atoms with Gasteiger partial charge in [-0.3, -0.25) is 14.6 Å². The number of esters is 1. The summed E-state index contributed by atoms with van der Waals surface area (Å²) < 4.78 is 4.92. The number of nitrogens with two attached hydrogens (primary N) is 1. The Bertz CT molecular complexity index is 253. The van der Waals surface area contributed by atoms with Crippen LogP contribution in [0, 0.1) is 0 Å². The van der Waals surface area contributed by atoms with Crippen molar-refractivity contribution in [2.45, 2.75) is 39.3 Å². The third kappa shape index (κ3) is 4.55. The molecule has 1 aliphatic heterocycles. The lowest BCUT2D eigenvalue weighted by Gasteiger charge is -2.38. The maximum absolute atomic E-state index is 11.5. The average molecular weight is 257 g/mol. The van der Waals surface area contributed by atoms with Crippen molar-refractivity contribution in [3.8, 4) is 0 Å². The van der Waals surface area contributed by atoms with Crippen molar-refractivity contribution in [3.63, 3.8) is 0 Å². The summed E-state index contributed by atoms with van der Waals surface area (Å²) in [6.45, 7) is 11.4. The molecule has 2 N–H and O–H groups in total. The second-order valence-electron chi connectivity index (χ2n) is 4.95. The van der Waals surface area contributed by atoms with Gasteiger partial charge in [-0.15, -0.1) is 0 Å². The van der Waals surface area contributed by atoms with Gasteiger partial charge in [0.15, 0.2) is 0 Å². The molecule has 1 fully saturated rings. The molecule has 0 amide bonds. The minimum Gasteiger partial charge on any atom is -0.465 e. The van der Waals surface area contributed by atoms with Crippen LogP contribution in [0.5, 0.6) is 0 Å². The van der Waals surface area contributed by atoms with Gasteiger partial charge in [0.25, 0.3) is 0 Å². The lowest BCUT2D eigenvalue weighted by molar-refractivity contribution is -0.145. The summed E-state index contributed by atoms with van der Waals surface area (Å²) in [6, 6.07) is 0.131. The summed E-state index contributed by atoms with van der Waals surface area (Å²) in [6.07, 6.45) is 1.18. The first-order valence-electron chi connectivity index (χ1n) is 6.97. The largest absolute Gasteiger partial charge is 0.465 e. The molecule has 0 aromatic heterocycles. The van der Waals surface area contributed by atoms with Crippen molar-refractivity contribution >= 4 is 5.97 Å². The van der Waals surface area contributed by atoms with E-state index in [2.05, 4.69) is 23.6 Å². The molecule has 0 radical (unpaired) electrons. The van der Waals surface area contributed by atoms with Gasteiger partial charge >= 0.3 is 5.97 Å². The van der Waals surface area contributed by atoms with Gasteiger partial charge in [0.05, 0.1) is 6.61 Å². The van der Waals surface area contributed by atoms with Crippen molar-refractivity contribution in [2.24, 2.45) is 5.73 Å². The van der Waals surface area contributed by atoms with Crippen LogP contribution in [0.4, 0.5) is 0 Å². The molecule has 0 bridgehead atoms. The number of nitrogens with zero attached hydrogens (tertiary/aromatic N) is 2. The van der Waals surface area contributed by atoms with E-state index in [1.165, 1.54) is 6.42 Å². The minimum absolute atomic E-state index is 0.290. The number of hydrogen-bond donors (Lipinski definition) is 1. The van der Waals surface area contributed by atoms with E-state index >= 15 is 0 Å². The lowest BCUT2D eigenvalue weighted by Crippen LogP contribution is -2.53. The molecular weight excluding hydrogens is 230 g/mol. The molecule has 0 spiro atoms. The highest BCUT2D eigenvalue weighted by Gasteiger charge is 2.23. The molecular formula is C13H27N3O2. The molecule has 0 aliphatic carbocycles. The molecule has 5 nitrogen and oxygen atoms in total. The van der Waals surface area contributed by atoms with Crippen LogP contribution in [0.3, 0.4) is 0 Å². The Kier molecular flexibility index (Phi) is 6.60. The topological polar surface area (TPSA) is 58.8 Å². The smallest absolute Gasteiger partial charge is 0.324 e. The van der Waals surface area contributed by atoms with Crippen LogP contribution >= 0.6 is 0 Å². The van der Waals surface area contributed by atoms with Crippen molar-refractivity contribution in [1.29, 1.82) is 0 Å². The van der Waals surface area contributed by atoms with Crippen molar-refractivity contribution in [1.82, 2.24) is 9.80 Å². The fourth-order valence-electron chi connectivity index (χ4n) is 2.25. The number of ether oxygens (including phenoxy) is 1. The Labute approximate surface area is 110 Å². The molecule has 1 aliphatic rings. The highest BCUT2D eigenvalue weighted by molar-refractivity contribution is 5.75. The van der Waals surface area contributed by atoms with Crippen LogP contribution < -0.4 is 5.73 Å². The summed E-state index contributed by atoms with van der Waals surface area (Å²) in [7, 11) is 0. The standard InChI is InChI=1S/C13H27N3O2/c1-4-11(3)16-8-6-15(7-9-16)10-12(14)13(17)18-5-2/h11-12H,4-10,14H2,1-3H3. The fourth-order valence-corrected chi connectivity index (χ4v) is 2.25. The monoisotopic (exact) mass is 257 g/mol. The van der Waals surface area contributed by atoms with E-state index in [1.54, 1.807) is 6.92 Å². The van der Waals surface area contributed by atoms with E-state index in [1.807, 2.05) is 0 Å². The Morgan fingerprint density at radius 3 is 2.39 bits per heavy atom. The van der Waals surface area contributed by atoms with Crippen LogP contribution in [-0.4, -0.2) is 67.2 Å². The second kappa shape index (κ2) is 7.71. The fraction of sp³-hybridized carbons (Fsp3) is 0.923. The molecule has 1 rings (SSSR count). The van der Waals surface area contributed by atoms with Gasteiger partial charge in [0.1, 0.15) is 6.04 Å². The van der Waals surface area contributed by atoms with Crippen LogP contribution in [0.2, 0.25) is 0 Å². The van der Waals surface area contributed by atoms with Crippen LogP contribution in [-0.2, 0) is 9.53 Å². The highest BCUT2D eigenvalue weighted by atomic mass is 16.5. The van der Waals surface area contributed by atoms with Gasteiger partial charge < -0.3 is 10.5 Å². The first-order chi connectivity index (χ1) is 8.58.